The van der Waals surface area contributed by atoms with Gasteiger partial charge in [-0.05, 0) is 60.5 Å². The lowest BCUT2D eigenvalue weighted by atomic mass is 9.90. The van der Waals surface area contributed by atoms with Gasteiger partial charge in [-0.15, -0.1) is 0 Å². The minimum atomic E-state index is -3.70. The summed E-state index contributed by atoms with van der Waals surface area (Å²) in [6, 6.07) is 22.7. The molecule has 0 aliphatic carbocycles. The number of rotatable bonds is 10. The molecule has 1 unspecified atom stereocenters. The Hall–Kier alpha value is -3.37. The second-order valence-electron chi connectivity index (χ2n) is 11.0. The van der Waals surface area contributed by atoms with Gasteiger partial charge in [0.05, 0.1) is 16.3 Å². The van der Waals surface area contributed by atoms with Gasteiger partial charge in [-0.1, -0.05) is 55.8 Å². The first-order chi connectivity index (χ1) is 19.8. The standard InChI is InChI=1S/C32H39N5O3S/c1-4-5-17-36(3)41(39,40)27-15-16-29-28(22-27)30(32(38)34-29)31(25-9-7-6-8-10-25)33-26-13-11-24(12-14-26)23-37-20-18-35(2)19-21-37/h6-16,22,30H,4-5,17-21,23H2,1-3H3,(H,34,38). The molecule has 0 saturated carbocycles. The zero-order chi connectivity index (χ0) is 29.0. The maximum atomic E-state index is 13.4. The fourth-order valence-corrected chi connectivity index (χ4v) is 6.58. The van der Waals surface area contributed by atoms with E-state index in [1.807, 2.05) is 49.4 Å². The van der Waals surface area contributed by atoms with Gasteiger partial charge >= 0.3 is 0 Å². The van der Waals surface area contributed by atoms with E-state index in [0.717, 1.165) is 56.8 Å². The average Bonchev–Trinajstić information content (AvgIpc) is 3.31. The number of benzene rings is 3. The summed E-state index contributed by atoms with van der Waals surface area (Å²) in [5.41, 5.74) is 4.60. The van der Waals surface area contributed by atoms with Crippen LogP contribution in [0.3, 0.4) is 0 Å². The SMILES string of the molecule is CCCCN(C)S(=O)(=O)c1ccc2c(c1)C(C(=Nc1ccc(CN3CCN(C)CC3)cc1)c1ccccc1)C(=O)N2. The summed E-state index contributed by atoms with van der Waals surface area (Å²) in [7, 11) is 0.0612. The van der Waals surface area contributed by atoms with E-state index in [9.17, 15) is 13.2 Å². The number of piperazine rings is 1. The third-order valence-electron chi connectivity index (χ3n) is 7.92. The van der Waals surface area contributed by atoms with Crippen LogP contribution in [-0.4, -0.2) is 81.0 Å². The van der Waals surface area contributed by atoms with Gasteiger partial charge in [0.1, 0.15) is 5.92 Å². The van der Waals surface area contributed by atoms with Crippen molar-refractivity contribution in [2.24, 2.45) is 4.99 Å². The zero-order valence-corrected chi connectivity index (χ0v) is 24.9. The number of carbonyl (C=O) groups excluding carboxylic acids is 1. The van der Waals surface area contributed by atoms with E-state index in [1.165, 1.54) is 9.87 Å². The first-order valence-electron chi connectivity index (χ1n) is 14.3. The Kier molecular flexibility index (Phi) is 8.99. The number of aliphatic imine (C=N–C) groups is 1. The smallest absolute Gasteiger partial charge is 0.242 e. The summed E-state index contributed by atoms with van der Waals surface area (Å²) in [4.78, 5) is 23.4. The molecule has 41 heavy (non-hydrogen) atoms. The lowest BCUT2D eigenvalue weighted by Crippen LogP contribution is -2.43. The van der Waals surface area contributed by atoms with Gasteiger partial charge in [-0.3, -0.25) is 14.7 Å². The molecule has 1 amide bonds. The van der Waals surface area contributed by atoms with Crippen molar-refractivity contribution in [2.75, 3.05) is 52.1 Å². The lowest BCUT2D eigenvalue weighted by Gasteiger charge is -2.32. The van der Waals surface area contributed by atoms with Gasteiger partial charge in [-0.2, -0.15) is 0 Å². The molecular formula is C32H39N5O3S. The van der Waals surface area contributed by atoms with Crippen LogP contribution in [0.1, 0.15) is 42.4 Å². The molecule has 3 aromatic rings. The van der Waals surface area contributed by atoms with Crippen LogP contribution in [0, 0.1) is 0 Å². The fourth-order valence-electron chi connectivity index (χ4n) is 5.34. The number of amides is 1. The predicted molar refractivity (Wildman–Crippen MR) is 164 cm³/mol. The highest BCUT2D eigenvalue weighted by Crippen LogP contribution is 2.38. The van der Waals surface area contributed by atoms with Crippen LogP contribution >= 0.6 is 0 Å². The highest BCUT2D eigenvalue weighted by molar-refractivity contribution is 7.89. The molecule has 8 nitrogen and oxygen atoms in total. The lowest BCUT2D eigenvalue weighted by molar-refractivity contribution is -0.115. The van der Waals surface area contributed by atoms with E-state index in [4.69, 9.17) is 4.99 Å². The minimum Gasteiger partial charge on any atom is -0.325 e. The summed E-state index contributed by atoms with van der Waals surface area (Å²) < 4.78 is 28.0. The maximum absolute atomic E-state index is 13.4. The second-order valence-corrected chi connectivity index (χ2v) is 13.0. The van der Waals surface area contributed by atoms with Crippen molar-refractivity contribution in [3.8, 4) is 0 Å². The van der Waals surface area contributed by atoms with Crippen molar-refractivity contribution in [1.82, 2.24) is 14.1 Å². The molecule has 0 spiro atoms. The summed E-state index contributed by atoms with van der Waals surface area (Å²) in [6.45, 7) is 7.62. The summed E-state index contributed by atoms with van der Waals surface area (Å²) in [5.74, 6) is -0.961. The van der Waals surface area contributed by atoms with Crippen LogP contribution in [0.25, 0.3) is 0 Å². The van der Waals surface area contributed by atoms with Crippen LogP contribution < -0.4 is 5.32 Å². The van der Waals surface area contributed by atoms with Crippen molar-refractivity contribution in [3.63, 3.8) is 0 Å². The zero-order valence-electron chi connectivity index (χ0n) is 24.1. The van der Waals surface area contributed by atoms with Gasteiger partial charge in [0, 0.05) is 52.0 Å². The number of nitrogens with zero attached hydrogens (tertiary/aromatic N) is 4. The molecule has 216 valence electrons. The Labute approximate surface area is 243 Å². The highest BCUT2D eigenvalue weighted by atomic mass is 32.2. The normalized spacial score (nSPS) is 18.5. The predicted octanol–water partition coefficient (Wildman–Crippen LogP) is 4.71. The molecule has 2 aliphatic heterocycles. The van der Waals surface area contributed by atoms with E-state index in [2.05, 4.69) is 34.3 Å². The Morgan fingerprint density at radius 2 is 1.71 bits per heavy atom. The molecule has 0 aromatic heterocycles. The monoisotopic (exact) mass is 573 g/mol. The molecule has 3 aromatic carbocycles. The topological polar surface area (TPSA) is 85.3 Å². The number of unbranched alkanes of at least 4 members (excludes halogenated alkanes) is 1. The van der Waals surface area contributed by atoms with Gasteiger partial charge in [0.15, 0.2) is 0 Å². The van der Waals surface area contributed by atoms with Crippen molar-refractivity contribution in [3.05, 3.63) is 89.5 Å². The quantitative estimate of drug-likeness (QED) is 0.355. The molecule has 0 bridgehead atoms. The summed E-state index contributed by atoms with van der Waals surface area (Å²) in [6.07, 6.45) is 1.68. The van der Waals surface area contributed by atoms with Crippen LogP contribution in [-0.2, 0) is 21.4 Å². The Bertz CT molecular complexity index is 1500. The first kappa shape index (κ1) is 29.1. The number of anilines is 1. The van der Waals surface area contributed by atoms with Gasteiger partial charge < -0.3 is 10.2 Å². The van der Waals surface area contributed by atoms with E-state index in [0.29, 0.717) is 23.5 Å². The average molecular weight is 574 g/mol. The molecule has 1 atom stereocenters. The number of nitrogens with one attached hydrogen (secondary N) is 1. The molecule has 1 fully saturated rings. The highest BCUT2D eigenvalue weighted by Gasteiger charge is 2.37. The van der Waals surface area contributed by atoms with Gasteiger partial charge in [-0.25, -0.2) is 12.7 Å². The summed E-state index contributed by atoms with van der Waals surface area (Å²) in [5, 5.41) is 2.95. The Morgan fingerprint density at radius 1 is 1.00 bits per heavy atom. The minimum absolute atomic E-state index is 0.178. The van der Waals surface area contributed by atoms with E-state index < -0.39 is 15.9 Å². The molecule has 1 N–H and O–H groups in total. The molecule has 0 radical (unpaired) electrons. The van der Waals surface area contributed by atoms with Crippen molar-refractivity contribution >= 4 is 33.0 Å². The molecule has 2 heterocycles. The van der Waals surface area contributed by atoms with E-state index in [-0.39, 0.29) is 10.8 Å². The number of likely N-dealkylation sites (N-methyl/N-ethyl adjacent to an activating group) is 1. The van der Waals surface area contributed by atoms with Gasteiger partial charge in [0.2, 0.25) is 15.9 Å². The maximum Gasteiger partial charge on any atom is 0.242 e. The molecular weight excluding hydrogens is 534 g/mol. The van der Waals surface area contributed by atoms with E-state index in [1.54, 1.807) is 25.2 Å². The second kappa shape index (κ2) is 12.7. The van der Waals surface area contributed by atoms with Crippen LogP contribution in [0.4, 0.5) is 11.4 Å². The number of carbonyl (C=O) groups is 1. The summed E-state index contributed by atoms with van der Waals surface area (Å²) >= 11 is 0. The number of hydrogen-bond acceptors (Lipinski definition) is 6. The van der Waals surface area contributed by atoms with Crippen LogP contribution in [0.5, 0.6) is 0 Å². The fraction of sp³-hybridized carbons (Fsp3) is 0.375. The molecule has 1 saturated heterocycles. The molecule has 5 rings (SSSR count). The Balaban J connectivity index is 1.47. The third kappa shape index (κ3) is 6.59. The van der Waals surface area contributed by atoms with Crippen LogP contribution in [0.15, 0.2) is 82.7 Å². The van der Waals surface area contributed by atoms with Crippen molar-refractivity contribution < 1.29 is 13.2 Å². The van der Waals surface area contributed by atoms with Gasteiger partial charge in [0.25, 0.3) is 0 Å². The molecule has 9 heteroatoms. The number of hydrogen-bond donors (Lipinski definition) is 1. The van der Waals surface area contributed by atoms with E-state index >= 15 is 0 Å². The third-order valence-corrected chi connectivity index (χ3v) is 9.77. The molecule has 2 aliphatic rings. The number of sulfonamides is 1. The Morgan fingerprint density at radius 3 is 2.39 bits per heavy atom. The van der Waals surface area contributed by atoms with Crippen LogP contribution in [0.2, 0.25) is 0 Å². The van der Waals surface area contributed by atoms with Crippen molar-refractivity contribution in [2.45, 2.75) is 37.1 Å². The van der Waals surface area contributed by atoms with Crippen molar-refractivity contribution in [1.29, 1.82) is 0 Å². The number of fused-ring (bicyclic) bond motifs is 1. The largest absolute Gasteiger partial charge is 0.325 e. The first-order valence-corrected chi connectivity index (χ1v) is 15.7.